The summed E-state index contributed by atoms with van der Waals surface area (Å²) in [5.41, 5.74) is 0.478. The average molecular weight is 393 g/mol. The first-order valence-electron chi connectivity index (χ1n) is 8.68. The van der Waals surface area contributed by atoms with E-state index in [2.05, 4.69) is 0 Å². The van der Waals surface area contributed by atoms with Crippen LogP contribution in [-0.2, 0) is 16.1 Å². The van der Waals surface area contributed by atoms with Crippen molar-refractivity contribution in [2.24, 2.45) is 0 Å². The zero-order chi connectivity index (χ0) is 19.7. The van der Waals surface area contributed by atoms with Crippen molar-refractivity contribution in [2.75, 3.05) is 0 Å². The van der Waals surface area contributed by atoms with E-state index in [1.54, 1.807) is 42.5 Å². The van der Waals surface area contributed by atoms with Gasteiger partial charge in [0.2, 0.25) is 0 Å². The minimum absolute atomic E-state index is 0.0992. The highest BCUT2D eigenvalue weighted by atomic mass is 32.1. The van der Waals surface area contributed by atoms with Crippen LogP contribution in [0.25, 0.3) is 5.76 Å². The molecule has 4 rings (SSSR count). The zero-order valence-corrected chi connectivity index (χ0v) is 15.5. The molecule has 0 spiro atoms. The number of rotatable bonds is 4. The maximum absolute atomic E-state index is 14.6. The van der Waals surface area contributed by atoms with Gasteiger partial charge in [0, 0.05) is 16.0 Å². The molecule has 6 heteroatoms. The fraction of sp³-hybridized carbons (Fsp3) is 0.0909. The number of ketones is 1. The summed E-state index contributed by atoms with van der Waals surface area (Å²) in [7, 11) is 0. The first-order chi connectivity index (χ1) is 13.6. The Hall–Kier alpha value is -3.25. The van der Waals surface area contributed by atoms with E-state index in [0.717, 1.165) is 4.88 Å². The van der Waals surface area contributed by atoms with Crippen molar-refractivity contribution >= 4 is 28.8 Å². The number of carbonyl (C=O) groups excluding carboxylic acids is 2. The van der Waals surface area contributed by atoms with Gasteiger partial charge in [-0.3, -0.25) is 9.59 Å². The number of benzene rings is 2. The van der Waals surface area contributed by atoms with Crippen molar-refractivity contribution in [3.8, 4) is 0 Å². The fourth-order valence-electron chi connectivity index (χ4n) is 3.39. The molecule has 2 aromatic carbocycles. The molecular weight excluding hydrogens is 377 g/mol. The SMILES string of the molecule is O=C1C(=O)N(Cc2cccs2)C(c2ccccc2F)/C1=C(\O)c1ccccc1. The number of aliphatic hydroxyl groups excluding tert-OH is 1. The van der Waals surface area contributed by atoms with Gasteiger partial charge in [-0.25, -0.2) is 4.39 Å². The number of halogens is 1. The highest BCUT2D eigenvalue weighted by Crippen LogP contribution is 2.41. The first kappa shape index (κ1) is 18.1. The lowest BCUT2D eigenvalue weighted by Crippen LogP contribution is -2.29. The van der Waals surface area contributed by atoms with E-state index in [0.29, 0.717) is 5.56 Å². The van der Waals surface area contributed by atoms with Gasteiger partial charge in [-0.2, -0.15) is 0 Å². The fourth-order valence-corrected chi connectivity index (χ4v) is 4.09. The minimum atomic E-state index is -0.997. The lowest BCUT2D eigenvalue weighted by molar-refractivity contribution is -0.140. The van der Waals surface area contributed by atoms with Gasteiger partial charge in [0.15, 0.2) is 0 Å². The van der Waals surface area contributed by atoms with Crippen LogP contribution in [0.4, 0.5) is 4.39 Å². The maximum atomic E-state index is 14.6. The number of amides is 1. The van der Waals surface area contributed by atoms with Gasteiger partial charge < -0.3 is 10.0 Å². The Morgan fingerprint density at radius 1 is 1.00 bits per heavy atom. The predicted molar refractivity (Wildman–Crippen MR) is 105 cm³/mol. The van der Waals surface area contributed by atoms with Crippen LogP contribution in [-0.4, -0.2) is 21.7 Å². The highest BCUT2D eigenvalue weighted by molar-refractivity contribution is 7.09. The van der Waals surface area contributed by atoms with E-state index in [1.165, 1.54) is 28.4 Å². The van der Waals surface area contributed by atoms with Crippen molar-refractivity contribution in [2.45, 2.75) is 12.6 Å². The number of likely N-dealkylation sites (tertiary alicyclic amines) is 1. The van der Waals surface area contributed by atoms with Crippen molar-refractivity contribution in [3.05, 3.63) is 99.5 Å². The number of thiophene rings is 1. The topological polar surface area (TPSA) is 57.6 Å². The largest absolute Gasteiger partial charge is 0.507 e. The molecule has 1 fully saturated rings. The van der Waals surface area contributed by atoms with Crippen LogP contribution < -0.4 is 0 Å². The van der Waals surface area contributed by atoms with Crippen molar-refractivity contribution < 1.29 is 19.1 Å². The smallest absolute Gasteiger partial charge is 0.295 e. The first-order valence-corrected chi connectivity index (χ1v) is 9.56. The molecule has 4 nitrogen and oxygen atoms in total. The minimum Gasteiger partial charge on any atom is -0.507 e. The van der Waals surface area contributed by atoms with Crippen LogP contribution in [0.15, 0.2) is 77.7 Å². The molecule has 2 heterocycles. The van der Waals surface area contributed by atoms with Crippen LogP contribution >= 0.6 is 11.3 Å². The summed E-state index contributed by atoms with van der Waals surface area (Å²) in [6, 6.07) is 17.2. The molecule has 1 saturated heterocycles. The number of Topliss-reactive ketones (excluding diaryl/α,β-unsaturated/α-hetero) is 1. The lowest BCUT2D eigenvalue weighted by atomic mass is 9.95. The second-order valence-electron chi connectivity index (χ2n) is 6.39. The summed E-state index contributed by atoms with van der Waals surface area (Å²) in [6.45, 7) is 0.160. The van der Waals surface area contributed by atoms with Crippen LogP contribution in [0.5, 0.6) is 0 Å². The number of aliphatic hydroxyl groups is 1. The van der Waals surface area contributed by atoms with Crippen LogP contribution in [0, 0.1) is 5.82 Å². The molecule has 0 radical (unpaired) electrons. The summed E-state index contributed by atoms with van der Waals surface area (Å²) in [6.07, 6.45) is 0. The summed E-state index contributed by atoms with van der Waals surface area (Å²) in [5, 5.41) is 12.7. The lowest BCUT2D eigenvalue weighted by Gasteiger charge is -2.25. The maximum Gasteiger partial charge on any atom is 0.295 e. The number of hydrogen-bond acceptors (Lipinski definition) is 4. The highest BCUT2D eigenvalue weighted by Gasteiger charge is 2.47. The number of hydrogen-bond donors (Lipinski definition) is 1. The predicted octanol–water partition coefficient (Wildman–Crippen LogP) is 4.51. The summed E-state index contributed by atoms with van der Waals surface area (Å²) in [5.74, 6) is -2.41. The van der Waals surface area contributed by atoms with E-state index in [1.807, 2.05) is 17.5 Å². The van der Waals surface area contributed by atoms with Gasteiger partial charge in [-0.05, 0) is 17.5 Å². The Morgan fingerprint density at radius 3 is 2.39 bits per heavy atom. The third-order valence-electron chi connectivity index (χ3n) is 4.69. The Bertz CT molecular complexity index is 1060. The van der Waals surface area contributed by atoms with Gasteiger partial charge in [0.25, 0.3) is 11.7 Å². The Balaban J connectivity index is 1.90. The summed E-state index contributed by atoms with van der Waals surface area (Å²) >= 11 is 1.44. The number of nitrogens with zero attached hydrogens (tertiary/aromatic N) is 1. The molecule has 0 aliphatic carbocycles. The van der Waals surface area contributed by atoms with Crippen molar-refractivity contribution in [3.63, 3.8) is 0 Å². The molecule has 1 unspecified atom stereocenters. The van der Waals surface area contributed by atoms with Crippen LogP contribution in [0.3, 0.4) is 0 Å². The van der Waals surface area contributed by atoms with E-state index in [-0.39, 0.29) is 23.4 Å². The Labute approximate surface area is 165 Å². The van der Waals surface area contributed by atoms with Crippen molar-refractivity contribution in [1.82, 2.24) is 4.90 Å². The molecule has 1 atom stereocenters. The molecule has 28 heavy (non-hydrogen) atoms. The van der Waals surface area contributed by atoms with E-state index in [4.69, 9.17) is 0 Å². The van der Waals surface area contributed by atoms with Crippen LogP contribution in [0.1, 0.15) is 22.0 Å². The Morgan fingerprint density at radius 2 is 1.71 bits per heavy atom. The Kier molecular flexibility index (Phi) is 4.79. The van der Waals surface area contributed by atoms with E-state index in [9.17, 15) is 19.1 Å². The third-order valence-corrected chi connectivity index (χ3v) is 5.55. The molecule has 1 aliphatic heterocycles. The zero-order valence-electron chi connectivity index (χ0n) is 14.7. The van der Waals surface area contributed by atoms with Gasteiger partial charge >= 0.3 is 0 Å². The van der Waals surface area contributed by atoms with Gasteiger partial charge in [0.1, 0.15) is 11.6 Å². The molecule has 3 aromatic rings. The van der Waals surface area contributed by atoms with E-state index < -0.39 is 23.5 Å². The molecule has 1 aliphatic rings. The van der Waals surface area contributed by atoms with Crippen molar-refractivity contribution in [1.29, 1.82) is 0 Å². The van der Waals surface area contributed by atoms with E-state index >= 15 is 0 Å². The molecule has 1 amide bonds. The van der Waals surface area contributed by atoms with Gasteiger partial charge in [-0.1, -0.05) is 54.6 Å². The number of carbonyl (C=O) groups is 2. The molecule has 0 bridgehead atoms. The molecule has 1 aromatic heterocycles. The molecule has 140 valence electrons. The van der Waals surface area contributed by atoms with Gasteiger partial charge in [0.05, 0.1) is 18.2 Å². The monoisotopic (exact) mass is 393 g/mol. The molecular formula is C22H16FNO3S. The van der Waals surface area contributed by atoms with Crippen LogP contribution in [0.2, 0.25) is 0 Å². The molecule has 1 N–H and O–H groups in total. The third kappa shape index (κ3) is 3.12. The summed E-state index contributed by atoms with van der Waals surface area (Å²) < 4.78 is 14.6. The second-order valence-corrected chi connectivity index (χ2v) is 7.43. The molecule has 0 saturated carbocycles. The van der Waals surface area contributed by atoms with Gasteiger partial charge in [-0.15, -0.1) is 11.3 Å². The normalized spacial score (nSPS) is 18.6. The second kappa shape index (κ2) is 7.40. The quantitative estimate of drug-likeness (QED) is 0.403. The summed E-state index contributed by atoms with van der Waals surface area (Å²) in [4.78, 5) is 27.8. The average Bonchev–Trinajstić information content (AvgIpc) is 3.31. The standard InChI is InChI=1S/C22H16FNO3S/c23-17-11-5-4-10-16(17)19-18(20(25)14-7-2-1-3-8-14)21(26)22(27)24(19)13-15-9-6-12-28-15/h1-12,19,25H,13H2/b20-18+.